The summed E-state index contributed by atoms with van der Waals surface area (Å²) in [7, 11) is 0. The molecular formula is C20H11BrN2. The Hall–Kier alpha value is -2.88. The smallest absolute Gasteiger partial charge is 0.0998 e. The van der Waals surface area contributed by atoms with Crippen LogP contribution in [0.15, 0.2) is 71.2 Å². The summed E-state index contributed by atoms with van der Waals surface area (Å²) in [6.45, 7) is 0. The molecule has 3 aromatic carbocycles. The molecular weight excluding hydrogens is 348 g/mol. The van der Waals surface area contributed by atoms with E-state index in [9.17, 15) is 10.5 Å². The standard InChI is InChI=1S/C20H11BrN2/c21-18-10-16(19-7-3-1-5-14(19)12-22)9-17(11-18)20-8-4-2-6-15(20)13-23/h1-11H. The van der Waals surface area contributed by atoms with Crippen LogP contribution in [0.4, 0.5) is 0 Å². The minimum absolute atomic E-state index is 0.630. The van der Waals surface area contributed by atoms with Crippen molar-refractivity contribution >= 4 is 15.9 Å². The van der Waals surface area contributed by atoms with Gasteiger partial charge in [-0.15, -0.1) is 0 Å². The van der Waals surface area contributed by atoms with Crippen molar-refractivity contribution in [3.63, 3.8) is 0 Å². The molecule has 2 nitrogen and oxygen atoms in total. The maximum atomic E-state index is 9.31. The first-order valence-corrected chi connectivity index (χ1v) is 7.82. The number of rotatable bonds is 2. The van der Waals surface area contributed by atoms with Gasteiger partial charge in [0.2, 0.25) is 0 Å². The van der Waals surface area contributed by atoms with Crippen molar-refractivity contribution in [2.45, 2.75) is 0 Å². The molecule has 0 spiro atoms. The van der Waals surface area contributed by atoms with Crippen LogP contribution >= 0.6 is 15.9 Å². The third-order valence-electron chi connectivity index (χ3n) is 3.61. The van der Waals surface area contributed by atoms with Crippen LogP contribution < -0.4 is 0 Å². The Kier molecular flexibility index (Phi) is 4.24. The van der Waals surface area contributed by atoms with Gasteiger partial charge >= 0.3 is 0 Å². The molecule has 108 valence electrons. The van der Waals surface area contributed by atoms with Crippen molar-refractivity contribution in [1.82, 2.24) is 0 Å². The van der Waals surface area contributed by atoms with E-state index in [2.05, 4.69) is 28.1 Å². The first-order chi connectivity index (χ1) is 11.2. The summed E-state index contributed by atoms with van der Waals surface area (Å²) in [6, 6.07) is 25.4. The van der Waals surface area contributed by atoms with Gasteiger partial charge in [-0.1, -0.05) is 52.3 Å². The van der Waals surface area contributed by atoms with Crippen LogP contribution in [0.25, 0.3) is 22.3 Å². The molecule has 3 aromatic rings. The molecule has 0 aromatic heterocycles. The van der Waals surface area contributed by atoms with Gasteiger partial charge in [0, 0.05) is 4.47 Å². The van der Waals surface area contributed by atoms with E-state index >= 15 is 0 Å². The third-order valence-corrected chi connectivity index (χ3v) is 4.07. The van der Waals surface area contributed by atoms with Crippen molar-refractivity contribution in [3.05, 3.63) is 82.3 Å². The van der Waals surface area contributed by atoms with Crippen LogP contribution in [-0.2, 0) is 0 Å². The van der Waals surface area contributed by atoms with Crippen molar-refractivity contribution in [1.29, 1.82) is 10.5 Å². The molecule has 0 aliphatic heterocycles. The van der Waals surface area contributed by atoms with Gasteiger partial charge in [0.15, 0.2) is 0 Å². The molecule has 3 rings (SSSR count). The maximum absolute atomic E-state index is 9.31. The molecule has 0 aliphatic rings. The van der Waals surface area contributed by atoms with Crippen molar-refractivity contribution in [2.24, 2.45) is 0 Å². The minimum atomic E-state index is 0.630. The summed E-state index contributed by atoms with van der Waals surface area (Å²) < 4.78 is 0.908. The monoisotopic (exact) mass is 358 g/mol. The molecule has 0 saturated heterocycles. The summed E-state index contributed by atoms with van der Waals surface area (Å²) in [5, 5.41) is 18.6. The fraction of sp³-hybridized carbons (Fsp3) is 0. The first-order valence-electron chi connectivity index (χ1n) is 7.02. The van der Waals surface area contributed by atoms with Crippen molar-refractivity contribution in [2.75, 3.05) is 0 Å². The zero-order valence-corrected chi connectivity index (χ0v) is 13.7. The lowest BCUT2D eigenvalue weighted by molar-refractivity contribution is 1.46. The van der Waals surface area contributed by atoms with Gasteiger partial charge in [0.05, 0.1) is 23.3 Å². The second-order valence-electron chi connectivity index (χ2n) is 5.04. The molecule has 0 N–H and O–H groups in total. The predicted octanol–water partition coefficient (Wildman–Crippen LogP) is 5.53. The quantitative estimate of drug-likeness (QED) is 0.604. The fourth-order valence-electron chi connectivity index (χ4n) is 2.57. The maximum Gasteiger partial charge on any atom is 0.0998 e. The van der Waals surface area contributed by atoms with Crippen LogP contribution in [0.2, 0.25) is 0 Å². The van der Waals surface area contributed by atoms with Crippen LogP contribution in [-0.4, -0.2) is 0 Å². The van der Waals surface area contributed by atoms with E-state index in [0.29, 0.717) is 11.1 Å². The molecule has 0 saturated carbocycles. The number of nitrogens with zero attached hydrogens (tertiary/aromatic N) is 2. The molecule has 0 radical (unpaired) electrons. The highest BCUT2D eigenvalue weighted by Gasteiger charge is 2.10. The van der Waals surface area contributed by atoms with E-state index in [4.69, 9.17) is 0 Å². The van der Waals surface area contributed by atoms with Crippen LogP contribution in [0.1, 0.15) is 11.1 Å². The predicted molar refractivity (Wildman–Crippen MR) is 94.4 cm³/mol. The summed E-state index contributed by atoms with van der Waals surface area (Å²) >= 11 is 3.53. The summed E-state index contributed by atoms with van der Waals surface area (Å²) in [5.74, 6) is 0. The van der Waals surface area contributed by atoms with Gasteiger partial charge in [0.1, 0.15) is 0 Å². The van der Waals surface area contributed by atoms with Crippen LogP contribution in [0.5, 0.6) is 0 Å². The average molecular weight is 359 g/mol. The lowest BCUT2D eigenvalue weighted by Crippen LogP contribution is -1.88. The zero-order chi connectivity index (χ0) is 16.2. The number of hydrogen-bond acceptors (Lipinski definition) is 2. The van der Waals surface area contributed by atoms with E-state index in [1.807, 2.05) is 54.6 Å². The van der Waals surface area contributed by atoms with Gasteiger partial charge in [-0.3, -0.25) is 0 Å². The largest absolute Gasteiger partial charge is 0.192 e. The molecule has 23 heavy (non-hydrogen) atoms. The highest BCUT2D eigenvalue weighted by Crippen LogP contribution is 2.33. The number of hydrogen-bond donors (Lipinski definition) is 0. The van der Waals surface area contributed by atoms with E-state index < -0.39 is 0 Å². The number of nitriles is 2. The molecule has 0 heterocycles. The van der Waals surface area contributed by atoms with E-state index in [0.717, 1.165) is 26.7 Å². The number of halogens is 1. The van der Waals surface area contributed by atoms with Gasteiger partial charge in [-0.2, -0.15) is 10.5 Å². The van der Waals surface area contributed by atoms with Gasteiger partial charge < -0.3 is 0 Å². The molecule has 0 bridgehead atoms. The fourth-order valence-corrected chi connectivity index (χ4v) is 3.06. The molecule has 0 fully saturated rings. The lowest BCUT2D eigenvalue weighted by Gasteiger charge is -2.10. The minimum Gasteiger partial charge on any atom is -0.192 e. The Labute approximate surface area is 143 Å². The Morgan fingerprint density at radius 2 is 1.09 bits per heavy atom. The highest BCUT2D eigenvalue weighted by atomic mass is 79.9. The lowest BCUT2D eigenvalue weighted by atomic mass is 9.94. The van der Waals surface area contributed by atoms with Gasteiger partial charge in [0.25, 0.3) is 0 Å². The number of benzene rings is 3. The molecule has 0 unspecified atom stereocenters. The zero-order valence-electron chi connectivity index (χ0n) is 12.1. The Balaban J connectivity index is 2.22. The Bertz CT molecular complexity index is 886. The molecule has 0 amide bonds. The summed E-state index contributed by atoms with van der Waals surface area (Å²) in [4.78, 5) is 0. The molecule has 3 heteroatoms. The first kappa shape index (κ1) is 15.0. The van der Waals surface area contributed by atoms with E-state index in [1.165, 1.54) is 0 Å². The topological polar surface area (TPSA) is 47.6 Å². The summed E-state index contributed by atoms with van der Waals surface area (Å²) in [6.07, 6.45) is 0. The van der Waals surface area contributed by atoms with Gasteiger partial charge in [-0.25, -0.2) is 0 Å². The van der Waals surface area contributed by atoms with Crippen molar-refractivity contribution in [3.8, 4) is 34.4 Å². The second kappa shape index (κ2) is 6.48. The van der Waals surface area contributed by atoms with Crippen molar-refractivity contribution < 1.29 is 0 Å². The molecule has 0 aliphatic carbocycles. The Morgan fingerprint density at radius 1 is 0.652 bits per heavy atom. The van der Waals surface area contributed by atoms with Crippen LogP contribution in [0, 0.1) is 22.7 Å². The highest BCUT2D eigenvalue weighted by molar-refractivity contribution is 9.10. The normalized spacial score (nSPS) is 9.87. The third kappa shape index (κ3) is 3.01. The van der Waals surface area contributed by atoms with Gasteiger partial charge in [-0.05, 0) is 52.6 Å². The van der Waals surface area contributed by atoms with E-state index in [1.54, 1.807) is 12.1 Å². The average Bonchev–Trinajstić information content (AvgIpc) is 2.61. The van der Waals surface area contributed by atoms with E-state index in [-0.39, 0.29) is 0 Å². The summed E-state index contributed by atoms with van der Waals surface area (Å²) in [5.41, 5.74) is 4.91. The Morgan fingerprint density at radius 3 is 1.52 bits per heavy atom. The molecule has 0 atom stereocenters. The SMILES string of the molecule is N#Cc1ccccc1-c1cc(Br)cc(-c2ccccc2C#N)c1. The second-order valence-corrected chi connectivity index (χ2v) is 5.96. The van der Waals surface area contributed by atoms with Crippen LogP contribution in [0.3, 0.4) is 0 Å².